The van der Waals surface area contributed by atoms with E-state index in [0.29, 0.717) is 0 Å². The maximum Gasteiger partial charge on any atom is 0.337 e. The van der Waals surface area contributed by atoms with Gasteiger partial charge in [-0.15, -0.1) is 0 Å². The first-order chi connectivity index (χ1) is 8.49. The Balaban J connectivity index is 2.46. The van der Waals surface area contributed by atoms with Crippen molar-refractivity contribution in [2.75, 3.05) is 18.0 Å². The van der Waals surface area contributed by atoms with Gasteiger partial charge in [-0.3, -0.25) is 14.9 Å². The number of benzene rings is 1. The number of nitrogens with one attached hydrogen (secondary N) is 1. The number of piperazine rings is 1. The van der Waals surface area contributed by atoms with Crippen LogP contribution in [-0.4, -0.2) is 36.0 Å². The van der Waals surface area contributed by atoms with Gasteiger partial charge < -0.3 is 10.0 Å². The summed E-state index contributed by atoms with van der Waals surface area (Å²) < 4.78 is 0. The number of carbonyl (C=O) groups excluding carboxylic acids is 2. The van der Waals surface area contributed by atoms with Crippen LogP contribution in [0.1, 0.15) is 10.4 Å². The maximum absolute atomic E-state index is 11.3. The summed E-state index contributed by atoms with van der Waals surface area (Å²) in [5.41, 5.74) is 0.153. The van der Waals surface area contributed by atoms with E-state index in [1.807, 2.05) is 0 Å². The number of carboxylic acid groups (broad SMARTS) is 1. The minimum absolute atomic E-state index is 0.0370. The molecule has 1 heterocycles. The van der Waals surface area contributed by atoms with Gasteiger partial charge in [0.2, 0.25) is 11.8 Å². The number of rotatable bonds is 2. The molecule has 0 aromatic heterocycles. The van der Waals surface area contributed by atoms with Crippen LogP contribution in [-0.2, 0) is 9.59 Å². The molecule has 7 heteroatoms. The topological polar surface area (TPSA) is 86.7 Å². The van der Waals surface area contributed by atoms with E-state index in [0.717, 1.165) is 0 Å². The Morgan fingerprint density at radius 1 is 1.28 bits per heavy atom. The number of imide groups is 1. The van der Waals surface area contributed by atoms with E-state index in [4.69, 9.17) is 16.7 Å². The normalized spacial score (nSPS) is 15.5. The summed E-state index contributed by atoms with van der Waals surface area (Å²) in [6, 6.07) is 4.39. The average molecular weight is 269 g/mol. The molecule has 0 unspecified atom stereocenters. The third-order valence-electron chi connectivity index (χ3n) is 2.48. The number of nitrogens with zero attached hydrogens (tertiary/aromatic N) is 1. The fraction of sp³-hybridized carbons (Fsp3) is 0.182. The maximum atomic E-state index is 11.3. The predicted molar refractivity (Wildman–Crippen MR) is 63.8 cm³/mol. The lowest BCUT2D eigenvalue weighted by atomic mass is 10.1. The fourth-order valence-electron chi connectivity index (χ4n) is 1.80. The van der Waals surface area contributed by atoms with Gasteiger partial charge in [-0.2, -0.15) is 0 Å². The lowest BCUT2D eigenvalue weighted by molar-refractivity contribution is -0.130. The van der Waals surface area contributed by atoms with E-state index in [2.05, 4.69) is 5.32 Å². The number of halogens is 1. The Hall–Kier alpha value is -2.08. The Bertz CT molecular complexity index is 528. The molecule has 1 aromatic rings. The standard InChI is InChI=1S/C11H9ClN2O4/c12-7-3-1-2-6(11(17)18)10(7)14-4-8(15)13-9(16)5-14/h1-3H,4-5H2,(H,17,18)(H,13,15,16). The molecule has 0 atom stereocenters. The number of para-hydroxylation sites is 1. The monoisotopic (exact) mass is 268 g/mol. The van der Waals surface area contributed by atoms with Gasteiger partial charge in [0.05, 0.1) is 29.4 Å². The SMILES string of the molecule is O=C1CN(c2c(Cl)cccc2C(=O)O)CC(=O)N1. The van der Waals surface area contributed by atoms with Crippen LogP contribution in [0.15, 0.2) is 18.2 Å². The molecular weight excluding hydrogens is 260 g/mol. The van der Waals surface area contributed by atoms with Gasteiger partial charge >= 0.3 is 5.97 Å². The van der Waals surface area contributed by atoms with E-state index in [-0.39, 0.29) is 29.4 Å². The molecule has 2 amide bonds. The van der Waals surface area contributed by atoms with Gasteiger partial charge in [-0.25, -0.2) is 4.79 Å². The van der Waals surface area contributed by atoms with Crippen molar-refractivity contribution in [1.29, 1.82) is 0 Å². The van der Waals surface area contributed by atoms with Gasteiger partial charge in [0.15, 0.2) is 0 Å². The highest BCUT2D eigenvalue weighted by Gasteiger charge is 2.27. The van der Waals surface area contributed by atoms with Crippen molar-refractivity contribution in [3.8, 4) is 0 Å². The number of carbonyl (C=O) groups is 3. The fourth-order valence-corrected chi connectivity index (χ4v) is 2.10. The Morgan fingerprint density at radius 3 is 2.44 bits per heavy atom. The largest absolute Gasteiger partial charge is 0.478 e. The molecule has 1 saturated heterocycles. The molecule has 0 spiro atoms. The van der Waals surface area contributed by atoms with Crippen molar-refractivity contribution in [2.45, 2.75) is 0 Å². The smallest absolute Gasteiger partial charge is 0.337 e. The molecule has 0 aliphatic carbocycles. The molecule has 2 N–H and O–H groups in total. The van der Waals surface area contributed by atoms with E-state index in [9.17, 15) is 14.4 Å². The lowest BCUT2D eigenvalue weighted by Gasteiger charge is -2.29. The van der Waals surface area contributed by atoms with Gasteiger partial charge in [0, 0.05) is 0 Å². The van der Waals surface area contributed by atoms with Crippen molar-refractivity contribution >= 4 is 35.1 Å². The molecule has 6 nitrogen and oxygen atoms in total. The first kappa shape index (κ1) is 12.4. The average Bonchev–Trinajstić information content (AvgIpc) is 2.26. The molecular formula is C11H9ClN2O4. The number of amides is 2. The Kier molecular flexibility index (Phi) is 3.20. The second-order valence-corrected chi connectivity index (χ2v) is 4.18. The summed E-state index contributed by atoms with van der Waals surface area (Å²) in [5.74, 6) is -2.13. The Labute approximate surface area is 107 Å². The molecule has 1 aliphatic heterocycles. The van der Waals surface area contributed by atoms with E-state index in [1.54, 1.807) is 0 Å². The van der Waals surface area contributed by atoms with Crippen LogP contribution in [0.4, 0.5) is 5.69 Å². The quantitative estimate of drug-likeness (QED) is 0.763. The van der Waals surface area contributed by atoms with Crippen molar-refractivity contribution in [3.63, 3.8) is 0 Å². The molecule has 1 aliphatic rings. The van der Waals surface area contributed by atoms with Gasteiger partial charge in [0.25, 0.3) is 0 Å². The van der Waals surface area contributed by atoms with Crippen LogP contribution in [0.25, 0.3) is 0 Å². The minimum Gasteiger partial charge on any atom is -0.478 e. The molecule has 0 bridgehead atoms. The summed E-state index contributed by atoms with van der Waals surface area (Å²) in [4.78, 5) is 35.0. The minimum atomic E-state index is -1.16. The number of hydrogen-bond acceptors (Lipinski definition) is 4. The molecule has 1 fully saturated rings. The molecule has 94 valence electrons. The van der Waals surface area contributed by atoms with Crippen LogP contribution in [0, 0.1) is 0 Å². The van der Waals surface area contributed by atoms with Crippen molar-refractivity contribution in [3.05, 3.63) is 28.8 Å². The molecule has 0 radical (unpaired) electrons. The van der Waals surface area contributed by atoms with Crippen LogP contribution in [0.3, 0.4) is 0 Å². The first-order valence-corrected chi connectivity index (χ1v) is 5.46. The van der Waals surface area contributed by atoms with Gasteiger partial charge in [-0.1, -0.05) is 17.7 Å². The molecule has 1 aromatic carbocycles. The highest BCUT2D eigenvalue weighted by molar-refractivity contribution is 6.34. The van der Waals surface area contributed by atoms with Gasteiger partial charge in [-0.05, 0) is 12.1 Å². The molecule has 2 rings (SSSR count). The van der Waals surface area contributed by atoms with E-state index in [1.165, 1.54) is 23.1 Å². The van der Waals surface area contributed by atoms with Crippen LogP contribution >= 0.6 is 11.6 Å². The van der Waals surface area contributed by atoms with Crippen LogP contribution in [0.5, 0.6) is 0 Å². The zero-order valence-electron chi connectivity index (χ0n) is 9.14. The summed E-state index contributed by atoms with van der Waals surface area (Å²) in [6.07, 6.45) is 0. The third kappa shape index (κ3) is 2.28. The van der Waals surface area contributed by atoms with E-state index < -0.39 is 17.8 Å². The second kappa shape index (κ2) is 4.66. The summed E-state index contributed by atoms with van der Waals surface area (Å²) in [5, 5.41) is 11.4. The van der Waals surface area contributed by atoms with Crippen LogP contribution in [0.2, 0.25) is 5.02 Å². The summed E-state index contributed by atoms with van der Waals surface area (Å²) in [7, 11) is 0. The third-order valence-corrected chi connectivity index (χ3v) is 2.79. The highest BCUT2D eigenvalue weighted by atomic mass is 35.5. The number of carboxylic acids is 1. The highest BCUT2D eigenvalue weighted by Crippen LogP contribution is 2.30. The van der Waals surface area contributed by atoms with E-state index >= 15 is 0 Å². The lowest BCUT2D eigenvalue weighted by Crippen LogP contribution is -2.52. The molecule has 0 saturated carbocycles. The predicted octanol–water partition coefficient (Wildman–Crippen LogP) is 0.501. The zero-order chi connectivity index (χ0) is 13.3. The van der Waals surface area contributed by atoms with Crippen molar-refractivity contribution < 1.29 is 19.5 Å². The second-order valence-electron chi connectivity index (χ2n) is 3.77. The summed E-state index contributed by atoms with van der Waals surface area (Å²) in [6.45, 7) is -0.203. The summed E-state index contributed by atoms with van der Waals surface area (Å²) >= 11 is 5.95. The first-order valence-electron chi connectivity index (χ1n) is 5.08. The number of anilines is 1. The van der Waals surface area contributed by atoms with Crippen LogP contribution < -0.4 is 10.2 Å². The number of aromatic carboxylic acids is 1. The van der Waals surface area contributed by atoms with Gasteiger partial charge in [0.1, 0.15) is 0 Å². The zero-order valence-corrected chi connectivity index (χ0v) is 9.90. The Morgan fingerprint density at radius 2 is 1.89 bits per heavy atom. The van der Waals surface area contributed by atoms with Crippen molar-refractivity contribution in [1.82, 2.24) is 5.32 Å². The number of hydrogen-bond donors (Lipinski definition) is 2. The van der Waals surface area contributed by atoms with Crippen molar-refractivity contribution in [2.24, 2.45) is 0 Å². The molecule has 18 heavy (non-hydrogen) atoms.